The normalized spacial score (nSPS) is 28.2. The number of sulfonamides is 1. The number of rotatable bonds is 4. The molecule has 0 amide bonds. The van der Waals surface area contributed by atoms with Crippen LogP contribution in [0.3, 0.4) is 0 Å². The molecule has 4 nitrogen and oxygen atoms in total. The molecule has 2 rings (SSSR count). The molecule has 0 saturated carbocycles. The number of hydrogen-bond donors (Lipinski definition) is 1. The Kier molecular flexibility index (Phi) is 4.83. The zero-order chi connectivity index (χ0) is 15.8. The average Bonchev–Trinajstić information content (AvgIpc) is 2.78. The third-order valence-corrected chi connectivity index (χ3v) is 7.85. The standard InChI is InChI=1S/C15H25NO3S2/c1-11(2)9-13-10-16(7-6-15(13,4)17)21(18,19)14-12(3)5-8-20-14/h5,8,11,13,17H,6-7,9-10H2,1-4H3/t13-,15+/m1/s1. The fourth-order valence-electron chi connectivity index (χ4n) is 2.95. The van der Waals surface area contributed by atoms with E-state index in [1.165, 1.54) is 11.3 Å². The molecular formula is C15H25NO3S2. The van der Waals surface area contributed by atoms with Crippen LogP contribution >= 0.6 is 11.3 Å². The highest BCUT2D eigenvalue weighted by Gasteiger charge is 2.42. The van der Waals surface area contributed by atoms with Gasteiger partial charge in [-0.05, 0) is 49.6 Å². The van der Waals surface area contributed by atoms with Crippen LogP contribution in [-0.4, -0.2) is 36.5 Å². The highest BCUT2D eigenvalue weighted by atomic mass is 32.2. The molecule has 1 saturated heterocycles. The summed E-state index contributed by atoms with van der Waals surface area (Å²) in [5.41, 5.74) is 0.0265. The number of hydrogen-bond acceptors (Lipinski definition) is 4. The van der Waals surface area contributed by atoms with Crippen molar-refractivity contribution in [2.24, 2.45) is 11.8 Å². The maximum atomic E-state index is 12.8. The van der Waals surface area contributed by atoms with Crippen LogP contribution in [0.4, 0.5) is 0 Å². The third-order valence-electron chi connectivity index (χ3n) is 4.32. The fraction of sp³-hybridized carbons (Fsp3) is 0.733. The highest BCUT2D eigenvalue weighted by molar-refractivity contribution is 7.91. The molecule has 1 aliphatic heterocycles. The lowest BCUT2D eigenvalue weighted by molar-refractivity contribution is -0.0481. The van der Waals surface area contributed by atoms with E-state index < -0.39 is 15.6 Å². The van der Waals surface area contributed by atoms with Crippen molar-refractivity contribution in [2.45, 2.75) is 50.3 Å². The molecule has 1 aromatic rings. The van der Waals surface area contributed by atoms with Gasteiger partial charge < -0.3 is 5.11 Å². The van der Waals surface area contributed by atoms with E-state index >= 15 is 0 Å². The van der Waals surface area contributed by atoms with Crippen molar-refractivity contribution in [3.8, 4) is 0 Å². The van der Waals surface area contributed by atoms with E-state index in [1.54, 1.807) is 4.31 Å². The number of nitrogens with zero attached hydrogens (tertiary/aromatic N) is 1. The van der Waals surface area contributed by atoms with Gasteiger partial charge in [0.2, 0.25) is 0 Å². The van der Waals surface area contributed by atoms with Gasteiger partial charge in [0, 0.05) is 19.0 Å². The first-order valence-corrected chi connectivity index (χ1v) is 9.73. The molecule has 21 heavy (non-hydrogen) atoms. The van der Waals surface area contributed by atoms with E-state index in [9.17, 15) is 13.5 Å². The predicted molar refractivity (Wildman–Crippen MR) is 86.0 cm³/mol. The van der Waals surface area contributed by atoms with E-state index in [0.29, 0.717) is 29.6 Å². The highest BCUT2D eigenvalue weighted by Crippen LogP contribution is 2.36. The van der Waals surface area contributed by atoms with Crippen molar-refractivity contribution in [1.29, 1.82) is 0 Å². The molecule has 1 fully saturated rings. The summed E-state index contributed by atoms with van der Waals surface area (Å²) >= 11 is 1.27. The second kappa shape index (κ2) is 5.99. The monoisotopic (exact) mass is 331 g/mol. The smallest absolute Gasteiger partial charge is 0.252 e. The minimum Gasteiger partial charge on any atom is -0.390 e. The van der Waals surface area contributed by atoms with Crippen LogP contribution in [0, 0.1) is 18.8 Å². The fourth-order valence-corrected chi connectivity index (χ4v) is 5.98. The first-order chi connectivity index (χ1) is 9.64. The minimum atomic E-state index is -3.43. The summed E-state index contributed by atoms with van der Waals surface area (Å²) in [4.78, 5) is 0. The van der Waals surface area contributed by atoms with Gasteiger partial charge in [-0.2, -0.15) is 4.31 Å². The van der Waals surface area contributed by atoms with Gasteiger partial charge in [-0.3, -0.25) is 0 Å². The van der Waals surface area contributed by atoms with Crippen LogP contribution < -0.4 is 0 Å². The van der Waals surface area contributed by atoms with Gasteiger partial charge >= 0.3 is 0 Å². The lowest BCUT2D eigenvalue weighted by Gasteiger charge is -2.42. The first-order valence-electron chi connectivity index (χ1n) is 7.41. The lowest BCUT2D eigenvalue weighted by atomic mass is 9.78. The van der Waals surface area contributed by atoms with E-state index in [1.807, 2.05) is 25.3 Å². The topological polar surface area (TPSA) is 57.6 Å². The predicted octanol–water partition coefficient (Wildman–Crippen LogP) is 2.86. The number of aliphatic hydroxyl groups is 1. The molecule has 0 bridgehead atoms. The summed E-state index contributed by atoms with van der Waals surface area (Å²) in [7, 11) is -3.43. The van der Waals surface area contributed by atoms with Crippen LogP contribution in [0.25, 0.3) is 0 Å². The largest absolute Gasteiger partial charge is 0.390 e. The summed E-state index contributed by atoms with van der Waals surface area (Å²) in [6, 6.07) is 1.84. The zero-order valence-electron chi connectivity index (χ0n) is 13.2. The van der Waals surface area contributed by atoms with Gasteiger partial charge in [0.15, 0.2) is 0 Å². The lowest BCUT2D eigenvalue weighted by Crippen LogP contribution is -2.52. The number of thiophene rings is 1. The number of aryl methyl sites for hydroxylation is 1. The van der Waals surface area contributed by atoms with Crippen molar-refractivity contribution in [3.05, 3.63) is 17.0 Å². The van der Waals surface area contributed by atoms with Crippen LogP contribution in [-0.2, 0) is 10.0 Å². The van der Waals surface area contributed by atoms with Crippen molar-refractivity contribution >= 4 is 21.4 Å². The van der Waals surface area contributed by atoms with E-state index in [2.05, 4.69) is 13.8 Å². The molecular weight excluding hydrogens is 306 g/mol. The molecule has 0 radical (unpaired) electrons. The Balaban J connectivity index is 2.24. The zero-order valence-corrected chi connectivity index (χ0v) is 14.8. The molecule has 1 N–H and O–H groups in total. The van der Waals surface area contributed by atoms with Gasteiger partial charge in [-0.25, -0.2) is 8.42 Å². The third kappa shape index (κ3) is 3.50. The summed E-state index contributed by atoms with van der Waals surface area (Å²) < 4.78 is 27.5. The Morgan fingerprint density at radius 1 is 1.52 bits per heavy atom. The Morgan fingerprint density at radius 3 is 2.71 bits per heavy atom. The van der Waals surface area contributed by atoms with Gasteiger partial charge in [0.1, 0.15) is 4.21 Å². The molecule has 0 unspecified atom stereocenters. The van der Waals surface area contributed by atoms with Gasteiger partial charge in [0.05, 0.1) is 5.60 Å². The SMILES string of the molecule is Cc1ccsc1S(=O)(=O)N1CC[C@](C)(O)[C@H](CC(C)C)C1. The number of piperidine rings is 1. The maximum absolute atomic E-state index is 12.8. The summed E-state index contributed by atoms with van der Waals surface area (Å²) in [6.45, 7) is 8.67. The van der Waals surface area contributed by atoms with E-state index in [-0.39, 0.29) is 5.92 Å². The Bertz CT molecular complexity index is 590. The molecule has 0 spiro atoms. The second-order valence-electron chi connectivity index (χ2n) is 6.69. The van der Waals surface area contributed by atoms with Gasteiger partial charge in [0.25, 0.3) is 10.0 Å². The quantitative estimate of drug-likeness (QED) is 0.923. The molecule has 120 valence electrons. The Hall–Kier alpha value is -0.430. The van der Waals surface area contributed by atoms with Crippen LogP contribution in [0.5, 0.6) is 0 Å². The van der Waals surface area contributed by atoms with Crippen molar-refractivity contribution in [2.75, 3.05) is 13.1 Å². The minimum absolute atomic E-state index is 0.0127. The second-order valence-corrected chi connectivity index (χ2v) is 9.74. The van der Waals surface area contributed by atoms with Crippen molar-refractivity contribution < 1.29 is 13.5 Å². The molecule has 1 aromatic heterocycles. The maximum Gasteiger partial charge on any atom is 0.252 e. The van der Waals surface area contributed by atoms with Crippen molar-refractivity contribution in [1.82, 2.24) is 4.31 Å². The molecule has 2 heterocycles. The van der Waals surface area contributed by atoms with Gasteiger partial charge in [-0.1, -0.05) is 13.8 Å². The summed E-state index contributed by atoms with van der Waals surface area (Å²) in [6.07, 6.45) is 1.33. The summed E-state index contributed by atoms with van der Waals surface area (Å²) in [5.74, 6) is 0.425. The van der Waals surface area contributed by atoms with E-state index in [0.717, 1.165) is 12.0 Å². The molecule has 2 atom stereocenters. The Labute approximate surface area is 131 Å². The molecule has 6 heteroatoms. The van der Waals surface area contributed by atoms with Crippen LogP contribution in [0.1, 0.15) is 39.2 Å². The molecule has 0 aromatic carbocycles. The average molecular weight is 332 g/mol. The van der Waals surface area contributed by atoms with Crippen LogP contribution in [0.2, 0.25) is 0 Å². The van der Waals surface area contributed by atoms with Gasteiger partial charge in [-0.15, -0.1) is 11.3 Å². The summed E-state index contributed by atoms with van der Waals surface area (Å²) in [5, 5.41) is 12.3. The van der Waals surface area contributed by atoms with Crippen LogP contribution in [0.15, 0.2) is 15.7 Å². The van der Waals surface area contributed by atoms with Crippen molar-refractivity contribution in [3.63, 3.8) is 0 Å². The Morgan fingerprint density at radius 2 is 2.19 bits per heavy atom. The molecule has 0 aliphatic carbocycles. The molecule has 1 aliphatic rings. The first kappa shape index (κ1) is 16.9. The van der Waals surface area contributed by atoms with E-state index in [4.69, 9.17) is 0 Å².